The van der Waals surface area contributed by atoms with Crippen LogP contribution in [-0.4, -0.2) is 15.0 Å². The topological polar surface area (TPSA) is 63.4 Å². The van der Waals surface area contributed by atoms with E-state index in [1.165, 1.54) is 15.6 Å². The van der Waals surface area contributed by atoms with E-state index >= 15 is 0 Å². The van der Waals surface area contributed by atoms with Crippen LogP contribution in [0.25, 0.3) is 0 Å². The highest BCUT2D eigenvalue weighted by Crippen LogP contribution is 2.39. The van der Waals surface area contributed by atoms with Crippen molar-refractivity contribution in [1.82, 2.24) is 0 Å². The highest BCUT2D eigenvalue weighted by atomic mass is 79.9. The molecule has 1 aliphatic rings. The van der Waals surface area contributed by atoms with Crippen molar-refractivity contribution in [2.75, 3.05) is 16.6 Å². The third-order valence-corrected chi connectivity index (χ3v) is 7.00. The number of para-hydroxylation sites is 1. The summed E-state index contributed by atoms with van der Waals surface area (Å²) in [6.07, 6.45) is 0.698. The van der Waals surface area contributed by atoms with Gasteiger partial charge in [0.2, 0.25) is 0 Å². The summed E-state index contributed by atoms with van der Waals surface area (Å²) in [5.74, 6) is 0. The SMILES string of the molecule is Cc1sc(Br)cc1S(=O)(=O)N1CCc2cccc(N)c21. The predicted octanol–water partition coefficient (Wildman–Crippen LogP) is 3.15. The number of sulfonamides is 1. The van der Waals surface area contributed by atoms with E-state index in [0.717, 1.165) is 14.2 Å². The molecule has 0 radical (unpaired) electrons. The highest BCUT2D eigenvalue weighted by molar-refractivity contribution is 9.11. The predicted molar refractivity (Wildman–Crippen MR) is 85.8 cm³/mol. The lowest BCUT2D eigenvalue weighted by molar-refractivity contribution is 0.592. The number of hydrogen-bond acceptors (Lipinski definition) is 4. The quantitative estimate of drug-likeness (QED) is 0.823. The summed E-state index contributed by atoms with van der Waals surface area (Å²) in [6, 6.07) is 7.18. The van der Waals surface area contributed by atoms with Gasteiger partial charge in [-0.15, -0.1) is 11.3 Å². The molecule has 106 valence electrons. The molecule has 0 spiro atoms. The normalized spacial score (nSPS) is 14.6. The first kappa shape index (κ1) is 13.9. The fourth-order valence-corrected chi connectivity index (χ4v) is 6.41. The van der Waals surface area contributed by atoms with Crippen LogP contribution in [0, 0.1) is 6.92 Å². The molecule has 1 aromatic carbocycles. The number of rotatable bonds is 2. The zero-order valence-corrected chi connectivity index (χ0v) is 14.0. The van der Waals surface area contributed by atoms with Gasteiger partial charge in [-0.2, -0.15) is 0 Å². The van der Waals surface area contributed by atoms with Crippen molar-refractivity contribution in [3.05, 3.63) is 38.5 Å². The van der Waals surface area contributed by atoms with Gasteiger partial charge in [0.25, 0.3) is 10.0 Å². The maximum absolute atomic E-state index is 12.8. The largest absolute Gasteiger partial charge is 0.397 e. The second-order valence-electron chi connectivity index (χ2n) is 4.65. The summed E-state index contributed by atoms with van der Waals surface area (Å²) in [7, 11) is -3.55. The third kappa shape index (κ3) is 2.04. The van der Waals surface area contributed by atoms with Crippen molar-refractivity contribution in [3.63, 3.8) is 0 Å². The molecule has 7 heteroatoms. The number of benzene rings is 1. The molecule has 3 rings (SSSR count). The average Bonchev–Trinajstić information content (AvgIpc) is 2.94. The molecule has 0 aliphatic carbocycles. The zero-order valence-electron chi connectivity index (χ0n) is 10.8. The van der Waals surface area contributed by atoms with Crippen LogP contribution in [0.5, 0.6) is 0 Å². The fraction of sp³-hybridized carbons (Fsp3) is 0.231. The molecule has 0 amide bonds. The van der Waals surface area contributed by atoms with Gasteiger partial charge in [-0.25, -0.2) is 8.42 Å². The summed E-state index contributed by atoms with van der Waals surface area (Å²) < 4.78 is 27.9. The molecule has 4 nitrogen and oxygen atoms in total. The summed E-state index contributed by atoms with van der Waals surface area (Å²) >= 11 is 4.76. The van der Waals surface area contributed by atoms with Crippen molar-refractivity contribution in [2.45, 2.75) is 18.2 Å². The van der Waals surface area contributed by atoms with Gasteiger partial charge >= 0.3 is 0 Å². The minimum Gasteiger partial charge on any atom is -0.397 e. The maximum atomic E-state index is 12.8. The Morgan fingerprint density at radius 1 is 1.40 bits per heavy atom. The Morgan fingerprint density at radius 2 is 2.15 bits per heavy atom. The zero-order chi connectivity index (χ0) is 14.5. The van der Waals surface area contributed by atoms with Crippen LogP contribution in [0.1, 0.15) is 10.4 Å². The molecular weight excluding hydrogens is 360 g/mol. The molecule has 1 aliphatic heterocycles. The molecule has 20 heavy (non-hydrogen) atoms. The van der Waals surface area contributed by atoms with Crippen LogP contribution in [-0.2, 0) is 16.4 Å². The Kier molecular flexibility index (Phi) is 3.30. The van der Waals surface area contributed by atoms with Gasteiger partial charge in [-0.1, -0.05) is 12.1 Å². The number of halogens is 1. The Bertz CT molecular complexity index is 784. The third-order valence-electron chi connectivity index (χ3n) is 3.39. The molecule has 0 unspecified atom stereocenters. The van der Waals surface area contributed by atoms with Gasteiger partial charge in [0.1, 0.15) is 4.90 Å². The average molecular weight is 373 g/mol. The molecule has 0 atom stereocenters. The van der Waals surface area contributed by atoms with Gasteiger partial charge in [-0.05, 0) is 47.0 Å². The van der Waals surface area contributed by atoms with Gasteiger partial charge in [-0.3, -0.25) is 4.31 Å². The van der Waals surface area contributed by atoms with E-state index in [9.17, 15) is 8.42 Å². The van der Waals surface area contributed by atoms with E-state index < -0.39 is 10.0 Å². The van der Waals surface area contributed by atoms with E-state index in [4.69, 9.17) is 5.73 Å². The summed E-state index contributed by atoms with van der Waals surface area (Å²) in [6.45, 7) is 2.26. The van der Waals surface area contributed by atoms with E-state index in [0.29, 0.717) is 29.2 Å². The van der Waals surface area contributed by atoms with Crippen molar-refractivity contribution < 1.29 is 8.42 Å². The van der Waals surface area contributed by atoms with Crippen molar-refractivity contribution in [3.8, 4) is 0 Å². The maximum Gasteiger partial charge on any atom is 0.265 e. The number of thiophene rings is 1. The van der Waals surface area contributed by atoms with Crippen molar-refractivity contribution in [1.29, 1.82) is 0 Å². The number of fused-ring (bicyclic) bond motifs is 1. The second-order valence-corrected chi connectivity index (χ2v) is 9.12. The minimum atomic E-state index is -3.55. The van der Waals surface area contributed by atoms with Crippen molar-refractivity contribution >= 4 is 48.7 Å². The first-order valence-corrected chi connectivity index (χ1v) is 9.12. The van der Waals surface area contributed by atoms with Crippen molar-refractivity contribution in [2.24, 2.45) is 0 Å². The number of nitrogen functional groups attached to an aromatic ring is 1. The summed E-state index contributed by atoms with van der Waals surface area (Å²) in [4.78, 5) is 1.13. The second kappa shape index (κ2) is 4.75. The standard InChI is InChI=1S/C13H13BrN2O2S2/c1-8-11(7-12(14)19-8)20(17,18)16-6-5-9-3-2-4-10(15)13(9)16/h2-4,7H,5-6,15H2,1H3. The highest BCUT2D eigenvalue weighted by Gasteiger charge is 2.34. The Labute approximate surface area is 130 Å². The van der Waals surface area contributed by atoms with Crippen LogP contribution < -0.4 is 10.0 Å². The van der Waals surface area contributed by atoms with Crippen LogP contribution >= 0.6 is 27.3 Å². The van der Waals surface area contributed by atoms with Gasteiger partial charge in [0.05, 0.1) is 15.2 Å². The molecule has 0 saturated carbocycles. The number of nitrogens with zero attached hydrogens (tertiary/aromatic N) is 1. The number of nitrogens with two attached hydrogens (primary N) is 1. The molecule has 2 heterocycles. The van der Waals surface area contributed by atoms with Crippen LogP contribution in [0.4, 0.5) is 11.4 Å². The van der Waals surface area contributed by atoms with Gasteiger partial charge in [0, 0.05) is 11.4 Å². The Morgan fingerprint density at radius 3 is 2.80 bits per heavy atom. The van der Waals surface area contributed by atoms with Crippen LogP contribution in [0.2, 0.25) is 0 Å². The van der Waals surface area contributed by atoms with Crippen LogP contribution in [0.3, 0.4) is 0 Å². The number of aryl methyl sites for hydroxylation is 1. The van der Waals surface area contributed by atoms with Gasteiger partial charge < -0.3 is 5.73 Å². The molecule has 0 saturated heterocycles. The number of hydrogen-bond donors (Lipinski definition) is 1. The monoisotopic (exact) mass is 372 g/mol. The van der Waals surface area contributed by atoms with Gasteiger partial charge in [0.15, 0.2) is 0 Å². The van der Waals surface area contributed by atoms with E-state index in [1.54, 1.807) is 12.1 Å². The lowest BCUT2D eigenvalue weighted by Crippen LogP contribution is -2.29. The molecule has 0 fully saturated rings. The summed E-state index contributed by atoms with van der Waals surface area (Å²) in [5, 5.41) is 0. The Balaban J connectivity index is 2.14. The lowest BCUT2D eigenvalue weighted by Gasteiger charge is -2.20. The minimum absolute atomic E-state index is 0.352. The number of anilines is 2. The first-order chi connectivity index (χ1) is 9.41. The van der Waals surface area contributed by atoms with Crippen LogP contribution in [0.15, 0.2) is 32.9 Å². The van der Waals surface area contributed by atoms with E-state index in [1.807, 2.05) is 19.1 Å². The summed E-state index contributed by atoms with van der Waals surface area (Å²) in [5.41, 5.74) is 8.10. The lowest BCUT2D eigenvalue weighted by atomic mass is 10.1. The van der Waals surface area contributed by atoms with E-state index in [2.05, 4.69) is 15.9 Å². The van der Waals surface area contributed by atoms with E-state index in [-0.39, 0.29) is 0 Å². The molecule has 0 bridgehead atoms. The fourth-order valence-electron chi connectivity index (χ4n) is 2.50. The molecule has 2 N–H and O–H groups in total. The first-order valence-electron chi connectivity index (χ1n) is 6.07. The molecule has 2 aromatic rings. The molecular formula is C13H13BrN2O2S2. The molecule has 1 aromatic heterocycles. The Hall–Kier alpha value is -1.05. The smallest absolute Gasteiger partial charge is 0.265 e.